The molecule has 2 nitrogen and oxygen atoms in total. The zero-order valence-corrected chi connectivity index (χ0v) is 12.6. The Morgan fingerprint density at radius 2 is 1.78 bits per heavy atom. The molecule has 0 fully saturated rings. The van der Waals surface area contributed by atoms with Gasteiger partial charge in [0.1, 0.15) is 0 Å². The molecule has 0 aliphatic rings. The fraction of sp³-hybridized carbons (Fsp3) is 0.400. The molecule has 0 spiro atoms. The highest BCUT2D eigenvalue weighted by Crippen LogP contribution is 2.17. The van der Waals surface area contributed by atoms with E-state index < -0.39 is 8.07 Å². The highest BCUT2D eigenvalue weighted by atomic mass is 28.3. The van der Waals surface area contributed by atoms with Crippen LogP contribution in [0.15, 0.2) is 42.1 Å². The van der Waals surface area contributed by atoms with Crippen LogP contribution in [0.25, 0.3) is 0 Å². The first-order chi connectivity index (χ1) is 8.39. The third-order valence-electron chi connectivity index (χ3n) is 3.05. The van der Waals surface area contributed by atoms with E-state index in [4.69, 9.17) is 0 Å². The Morgan fingerprint density at radius 1 is 1.17 bits per heavy atom. The fourth-order valence-corrected chi connectivity index (χ4v) is 2.40. The molecule has 1 rings (SSSR count). The number of amides is 1. The number of benzene rings is 1. The van der Waals surface area contributed by atoms with Gasteiger partial charge in [-0.3, -0.25) is 4.79 Å². The molecule has 1 amide bonds. The monoisotopic (exact) mass is 261 g/mol. The molecule has 0 aromatic heterocycles. The second kappa shape index (κ2) is 6.54. The van der Waals surface area contributed by atoms with E-state index in [0.717, 1.165) is 12.0 Å². The molecular weight excluding hydrogens is 238 g/mol. The van der Waals surface area contributed by atoms with Gasteiger partial charge in [0.25, 0.3) is 0 Å². The van der Waals surface area contributed by atoms with Crippen molar-refractivity contribution in [1.29, 1.82) is 0 Å². The van der Waals surface area contributed by atoms with Crippen LogP contribution in [-0.4, -0.2) is 14.0 Å². The van der Waals surface area contributed by atoms with E-state index in [1.807, 2.05) is 30.3 Å². The summed E-state index contributed by atoms with van der Waals surface area (Å²) in [5.74, 6) is 0.109. The molecule has 1 N–H and O–H groups in total. The average molecular weight is 261 g/mol. The molecule has 0 saturated carbocycles. The number of hydrogen-bond donors (Lipinski definition) is 1. The first kappa shape index (κ1) is 14.7. The maximum atomic E-state index is 11.7. The third kappa shape index (κ3) is 5.32. The number of carbonyl (C=O) groups is 1. The van der Waals surface area contributed by atoms with Crippen LogP contribution in [0.2, 0.25) is 19.6 Å². The lowest BCUT2D eigenvalue weighted by atomic mass is 10.2. The summed E-state index contributed by atoms with van der Waals surface area (Å²) in [5.41, 5.74) is 1.13. The van der Waals surface area contributed by atoms with Crippen LogP contribution in [0.1, 0.15) is 18.4 Å². The predicted molar refractivity (Wildman–Crippen MR) is 80.0 cm³/mol. The molecule has 0 saturated heterocycles. The van der Waals surface area contributed by atoms with Crippen LogP contribution in [-0.2, 0) is 11.3 Å². The molecule has 98 valence electrons. The number of carbonyl (C=O) groups excluding carboxylic acids is 1. The zero-order chi connectivity index (χ0) is 13.6. The maximum Gasteiger partial charge on any atom is 0.220 e. The predicted octanol–water partition coefficient (Wildman–Crippen LogP) is 3.52. The summed E-state index contributed by atoms with van der Waals surface area (Å²) in [5, 5.41) is 4.20. The van der Waals surface area contributed by atoms with Crippen molar-refractivity contribution < 1.29 is 4.79 Å². The second-order valence-corrected chi connectivity index (χ2v) is 10.8. The van der Waals surface area contributed by atoms with Gasteiger partial charge in [0.05, 0.1) is 8.07 Å². The smallest absolute Gasteiger partial charge is 0.220 e. The van der Waals surface area contributed by atoms with Crippen LogP contribution >= 0.6 is 0 Å². The molecule has 1 aromatic rings. The van der Waals surface area contributed by atoms with Gasteiger partial charge in [-0.05, 0) is 12.0 Å². The maximum absolute atomic E-state index is 11.7. The molecule has 0 radical (unpaired) electrons. The number of nitrogens with one attached hydrogen (secondary N) is 1. The average Bonchev–Trinajstić information content (AvgIpc) is 2.33. The molecule has 0 unspecified atom stereocenters. The Balaban J connectivity index is 2.29. The summed E-state index contributed by atoms with van der Waals surface area (Å²) >= 11 is 0. The molecular formula is C15H23NOSi. The van der Waals surface area contributed by atoms with Gasteiger partial charge in [0, 0.05) is 13.0 Å². The Bertz CT molecular complexity index is 406. The van der Waals surface area contributed by atoms with Crippen LogP contribution in [0, 0.1) is 0 Å². The van der Waals surface area contributed by atoms with Crippen molar-refractivity contribution in [1.82, 2.24) is 5.32 Å². The van der Waals surface area contributed by atoms with Crippen molar-refractivity contribution in [2.75, 3.05) is 0 Å². The van der Waals surface area contributed by atoms with Crippen molar-refractivity contribution in [3.63, 3.8) is 0 Å². The highest BCUT2D eigenvalue weighted by Gasteiger charge is 2.17. The van der Waals surface area contributed by atoms with E-state index in [1.165, 1.54) is 5.20 Å². The van der Waals surface area contributed by atoms with Crippen molar-refractivity contribution in [3.8, 4) is 0 Å². The molecule has 0 bridgehead atoms. The van der Waals surface area contributed by atoms with E-state index in [2.05, 4.69) is 31.5 Å². The van der Waals surface area contributed by atoms with Crippen LogP contribution in [0.3, 0.4) is 0 Å². The Hall–Kier alpha value is -1.35. The van der Waals surface area contributed by atoms with Gasteiger partial charge in [-0.1, -0.05) is 55.2 Å². The van der Waals surface area contributed by atoms with E-state index in [0.29, 0.717) is 13.0 Å². The molecule has 0 atom stereocenters. The van der Waals surface area contributed by atoms with Gasteiger partial charge in [0.2, 0.25) is 5.91 Å². The quantitative estimate of drug-likeness (QED) is 0.780. The molecule has 1 aromatic carbocycles. The fourth-order valence-electron chi connectivity index (χ4n) is 1.52. The minimum atomic E-state index is -1.29. The normalized spacial score (nSPS) is 11.1. The van der Waals surface area contributed by atoms with Gasteiger partial charge in [-0.25, -0.2) is 0 Å². The van der Waals surface area contributed by atoms with Crippen molar-refractivity contribution >= 4 is 14.0 Å². The first-order valence-corrected chi connectivity index (χ1v) is 9.88. The largest absolute Gasteiger partial charge is 0.352 e. The topological polar surface area (TPSA) is 29.1 Å². The van der Waals surface area contributed by atoms with Crippen LogP contribution in [0.4, 0.5) is 0 Å². The van der Waals surface area contributed by atoms with Gasteiger partial charge >= 0.3 is 0 Å². The van der Waals surface area contributed by atoms with Gasteiger partial charge < -0.3 is 5.32 Å². The Kier molecular flexibility index (Phi) is 5.35. The highest BCUT2D eigenvalue weighted by molar-refractivity contribution is 6.82. The number of rotatable bonds is 6. The summed E-state index contributed by atoms with van der Waals surface area (Å²) < 4.78 is 0. The number of hydrogen-bond acceptors (Lipinski definition) is 1. The zero-order valence-electron chi connectivity index (χ0n) is 11.6. The van der Waals surface area contributed by atoms with Crippen molar-refractivity contribution in [3.05, 3.63) is 47.7 Å². The third-order valence-corrected chi connectivity index (χ3v) is 5.42. The number of allylic oxidation sites excluding steroid dienone is 1. The van der Waals surface area contributed by atoms with E-state index in [-0.39, 0.29) is 5.91 Å². The SMILES string of the molecule is C=C(CCC(=O)NCc1ccccc1)[Si](C)(C)C. The second-order valence-electron chi connectivity index (χ2n) is 5.62. The van der Waals surface area contributed by atoms with E-state index in [9.17, 15) is 4.79 Å². The van der Waals surface area contributed by atoms with Crippen molar-refractivity contribution in [2.24, 2.45) is 0 Å². The van der Waals surface area contributed by atoms with Gasteiger partial charge in [0.15, 0.2) is 0 Å². The van der Waals surface area contributed by atoms with E-state index in [1.54, 1.807) is 0 Å². The summed E-state index contributed by atoms with van der Waals surface area (Å²) in [6, 6.07) is 9.97. The molecule has 0 heterocycles. The molecule has 3 heteroatoms. The molecule has 0 aliphatic carbocycles. The van der Waals surface area contributed by atoms with Crippen LogP contribution < -0.4 is 5.32 Å². The summed E-state index contributed by atoms with van der Waals surface area (Å²) in [6.07, 6.45) is 1.37. The summed E-state index contributed by atoms with van der Waals surface area (Å²) in [7, 11) is -1.29. The minimum absolute atomic E-state index is 0.109. The molecule has 18 heavy (non-hydrogen) atoms. The minimum Gasteiger partial charge on any atom is -0.352 e. The van der Waals surface area contributed by atoms with Crippen molar-refractivity contribution in [2.45, 2.75) is 39.0 Å². The summed E-state index contributed by atoms with van der Waals surface area (Å²) in [4.78, 5) is 11.7. The Morgan fingerprint density at radius 3 is 2.33 bits per heavy atom. The summed E-state index contributed by atoms with van der Waals surface area (Å²) in [6.45, 7) is 11.5. The van der Waals surface area contributed by atoms with Crippen LogP contribution in [0.5, 0.6) is 0 Å². The Labute approximate surface area is 111 Å². The molecule has 0 aliphatic heterocycles. The van der Waals surface area contributed by atoms with Gasteiger partial charge in [-0.15, -0.1) is 6.58 Å². The first-order valence-electron chi connectivity index (χ1n) is 6.38. The van der Waals surface area contributed by atoms with Gasteiger partial charge in [-0.2, -0.15) is 0 Å². The lowest BCUT2D eigenvalue weighted by Crippen LogP contribution is -2.26. The lowest BCUT2D eigenvalue weighted by Gasteiger charge is -2.19. The van der Waals surface area contributed by atoms with E-state index >= 15 is 0 Å². The standard InChI is InChI=1S/C15H23NOSi/c1-13(18(2,3)4)10-11-15(17)16-12-14-8-6-5-7-9-14/h5-9H,1,10-12H2,2-4H3,(H,16,17). The lowest BCUT2D eigenvalue weighted by molar-refractivity contribution is -0.121.